The van der Waals surface area contributed by atoms with Gasteiger partial charge in [-0.3, -0.25) is 4.79 Å². The maximum Gasteiger partial charge on any atom is 0.274 e. The number of halogens is 2. The van der Waals surface area contributed by atoms with Crippen LogP contribution in [0.15, 0.2) is 42.6 Å². The quantitative estimate of drug-likeness (QED) is 0.394. The summed E-state index contributed by atoms with van der Waals surface area (Å²) in [5.74, 6) is -0.787. The van der Waals surface area contributed by atoms with Crippen molar-refractivity contribution < 1.29 is 13.6 Å². The smallest absolute Gasteiger partial charge is 0.274 e. The molecular formula is C25H24F2N4OS. The summed E-state index contributed by atoms with van der Waals surface area (Å²) in [6.45, 7) is 4.45. The highest BCUT2D eigenvalue weighted by molar-refractivity contribution is 7.15. The number of hydrogen-bond donors (Lipinski definition) is 0. The normalized spacial score (nSPS) is 16.5. The first-order valence-electron chi connectivity index (χ1n) is 11.1. The molecule has 0 radical (unpaired) electrons. The Labute approximate surface area is 194 Å². The highest BCUT2D eigenvalue weighted by Gasteiger charge is 2.32. The lowest BCUT2D eigenvalue weighted by atomic mass is 9.96. The van der Waals surface area contributed by atoms with E-state index in [1.165, 1.54) is 29.5 Å². The average molecular weight is 467 g/mol. The second-order valence-electron chi connectivity index (χ2n) is 8.46. The Morgan fingerprint density at radius 3 is 2.67 bits per heavy atom. The molecule has 0 bridgehead atoms. The standard InChI is InChI=1S/C25H24F2N4OS/c1-15-21(29-24-20(27)7-5-13-30(15)24)14-19-6-3-4-12-31(19)25(32)22-23(33-16(2)28-22)17-8-10-18(26)11-9-17/h5,7-11,13,19H,3-4,6,12,14H2,1-2H3. The summed E-state index contributed by atoms with van der Waals surface area (Å²) in [5.41, 5.74) is 3.20. The molecular weight excluding hydrogens is 442 g/mol. The van der Waals surface area contributed by atoms with Crippen LogP contribution in [0.25, 0.3) is 16.1 Å². The number of amides is 1. The SMILES string of the molecule is Cc1nc(C(=O)N2CCCCC2Cc2nc3c(F)cccn3c2C)c(-c2ccc(F)cc2)s1. The van der Waals surface area contributed by atoms with Crippen LogP contribution in [0.3, 0.4) is 0 Å². The molecule has 1 aliphatic heterocycles. The van der Waals surface area contributed by atoms with Gasteiger partial charge in [-0.05, 0) is 62.9 Å². The number of rotatable bonds is 4. The molecule has 1 aromatic carbocycles. The van der Waals surface area contributed by atoms with Crippen LogP contribution in [-0.4, -0.2) is 37.8 Å². The summed E-state index contributed by atoms with van der Waals surface area (Å²) < 4.78 is 29.4. The fraction of sp³-hybridized carbons (Fsp3) is 0.320. The zero-order valence-electron chi connectivity index (χ0n) is 18.5. The van der Waals surface area contributed by atoms with E-state index in [9.17, 15) is 13.6 Å². The summed E-state index contributed by atoms with van der Waals surface area (Å²) in [6, 6.07) is 9.19. The number of benzene rings is 1. The zero-order valence-corrected chi connectivity index (χ0v) is 19.3. The number of hydrogen-bond acceptors (Lipinski definition) is 4. The molecule has 4 heterocycles. The van der Waals surface area contributed by atoms with Gasteiger partial charge in [0.2, 0.25) is 0 Å². The number of likely N-dealkylation sites (tertiary alicyclic amines) is 1. The summed E-state index contributed by atoms with van der Waals surface area (Å²) in [6.07, 6.45) is 5.18. The second kappa shape index (κ2) is 8.67. The van der Waals surface area contributed by atoms with E-state index in [1.54, 1.807) is 28.8 Å². The zero-order chi connectivity index (χ0) is 23.1. The second-order valence-corrected chi connectivity index (χ2v) is 9.67. The van der Waals surface area contributed by atoms with Gasteiger partial charge in [0.1, 0.15) is 11.5 Å². The summed E-state index contributed by atoms with van der Waals surface area (Å²) in [4.78, 5) is 25.5. The number of pyridine rings is 1. The largest absolute Gasteiger partial charge is 0.334 e. The van der Waals surface area contributed by atoms with E-state index in [1.807, 2.05) is 18.7 Å². The van der Waals surface area contributed by atoms with Crippen molar-refractivity contribution in [2.75, 3.05) is 6.54 Å². The Bertz CT molecular complexity index is 1330. The summed E-state index contributed by atoms with van der Waals surface area (Å²) in [5, 5.41) is 0.790. The first kappa shape index (κ1) is 21.7. The van der Waals surface area contributed by atoms with Crippen LogP contribution in [0.2, 0.25) is 0 Å². The molecule has 1 aliphatic rings. The predicted octanol–water partition coefficient (Wildman–Crippen LogP) is 5.59. The molecule has 1 saturated heterocycles. The lowest BCUT2D eigenvalue weighted by Gasteiger charge is -2.35. The Morgan fingerprint density at radius 1 is 1.12 bits per heavy atom. The molecule has 0 N–H and O–H groups in total. The number of nitrogens with zero attached hydrogens (tertiary/aromatic N) is 4. The predicted molar refractivity (Wildman–Crippen MR) is 125 cm³/mol. The Morgan fingerprint density at radius 2 is 1.91 bits per heavy atom. The maximum absolute atomic E-state index is 14.2. The van der Waals surface area contributed by atoms with Crippen molar-refractivity contribution in [3.8, 4) is 10.4 Å². The summed E-state index contributed by atoms with van der Waals surface area (Å²) in [7, 11) is 0. The average Bonchev–Trinajstić information content (AvgIpc) is 3.35. The maximum atomic E-state index is 14.2. The molecule has 170 valence electrons. The number of aryl methyl sites for hydroxylation is 2. The molecule has 33 heavy (non-hydrogen) atoms. The minimum Gasteiger partial charge on any atom is -0.334 e. The lowest BCUT2D eigenvalue weighted by Crippen LogP contribution is -2.45. The molecule has 5 nitrogen and oxygen atoms in total. The first-order chi connectivity index (χ1) is 15.9. The summed E-state index contributed by atoms with van der Waals surface area (Å²) >= 11 is 1.44. The molecule has 0 aliphatic carbocycles. The number of thiazole rings is 1. The van der Waals surface area contributed by atoms with Crippen molar-refractivity contribution in [1.82, 2.24) is 19.3 Å². The van der Waals surface area contributed by atoms with Gasteiger partial charge in [0.15, 0.2) is 11.5 Å². The van der Waals surface area contributed by atoms with Crippen LogP contribution >= 0.6 is 11.3 Å². The third-order valence-electron chi connectivity index (χ3n) is 6.30. The molecule has 5 rings (SSSR count). The number of carbonyl (C=O) groups excluding carboxylic acids is 1. The van der Waals surface area contributed by atoms with E-state index >= 15 is 0 Å². The molecule has 3 aromatic heterocycles. The highest BCUT2D eigenvalue weighted by Crippen LogP contribution is 2.33. The third-order valence-corrected chi connectivity index (χ3v) is 7.32. The van der Waals surface area contributed by atoms with Crippen molar-refractivity contribution in [3.63, 3.8) is 0 Å². The molecule has 0 spiro atoms. The minimum absolute atomic E-state index is 0.0407. The molecule has 1 amide bonds. The van der Waals surface area contributed by atoms with Crippen molar-refractivity contribution >= 4 is 22.9 Å². The van der Waals surface area contributed by atoms with E-state index in [-0.39, 0.29) is 23.6 Å². The lowest BCUT2D eigenvalue weighted by molar-refractivity contribution is 0.0607. The number of fused-ring (bicyclic) bond motifs is 1. The topological polar surface area (TPSA) is 50.5 Å². The van der Waals surface area contributed by atoms with E-state index in [4.69, 9.17) is 0 Å². The van der Waals surface area contributed by atoms with Crippen molar-refractivity contribution in [3.05, 3.63) is 76.3 Å². The third kappa shape index (κ3) is 4.04. The van der Waals surface area contributed by atoms with Gasteiger partial charge in [-0.2, -0.15) is 0 Å². The van der Waals surface area contributed by atoms with Gasteiger partial charge >= 0.3 is 0 Å². The van der Waals surface area contributed by atoms with Crippen LogP contribution in [0.1, 0.15) is 46.1 Å². The monoisotopic (exact) mass is 466 g/mol. The number of imidazole rings is 1. The Balaban J connectivity index is 1.47. The molecule has 0 saturated carbocycles. The van der Waals surface area contributed by atoms with Gasteiger partial charge < -0.3 is 9.30 Å². The fourth-order valence-corrected chi connectivity index (χ4v) is 5.52. The number of aromatic nitrogens is 3. The number of piperidine rings is 1. The van der Waals surface area contributed by atoms with E-state index < -0.39 is 0 Å². The fourth-order valence-electron chi connectivity index (χ4n) is 4.60. The first-order valence-corrected chi connectivity index (χ1v) is 11.9. The molecule has 1 unspecified atom stereocenters. The van der Waals surface area contributed by atoms with Crippen LogP contribution in [0.4, 0.5) is 8.78 Å². The van der Waals surface area contributed by atoms with Gasteiger partial charge in [-0.25, -0.2) is 18.7 Å². The Kier molecular flexibility index (Phi) is 5.70. The van der Waals surface area contributed by atoms with Crippen LogP contribution in [-0.2, 0) is 6.42 Å². The Hall–Kier alpha value is -3.13. The van der Waals surface area contributed by atoms with Crippen LogP contribution < -0.4 is 0 Å². The molecule has 8 heteroatoms. The van der Waals surface area contributed by atoms with Crippen LogP contribution in [0, 0.1) is 25.5 Å². The highest BCUT2D eigenvalue weighted by atomic mass is 32.1. The number of carbonyl (C=O) groups is 1. The van der Waals surface area contributed by atoms with Crippen molar-refractivity contribution in [2.24, 2.45) is 0 Å². The van der Waals surface area contributed by atoms with Gasteiger partial charge in [-0.15, -0.1) is 11.3 Å². The van der Waals surface area contributed by atoms with Crippen molar-refractivity contribution in [1.29, 1.82) is 0 Å². The molecule has 1 fully saturated rings. The van der Waals surface area contributed by atoms with Crippen LogP contribution in [0.5, 0.6) is 0 Å². The van der Waals surface area contributed by atoms with E-state index in [2.05, 4.69) is 9.97 Å². The van der Waals surface area contributed by atoms with Gasteiger partial charge in [-0.1, -0.05) is 12.1 Å². The molecule has 4 aromatic rings. The van der Waals surface area contributed by atoms with Crippen molar-refractivity contribution in [2.45, 2.75) is 45.6 Å². The van der Waals surface area contributed by atoms with E-state index in [0.717, 1.165) is 46.1 Å². The molecule has 1 atom stereocenters. The minimum atomic E-state index is -0.356. The van der Waals surface area contributed by atoms with Gasteiger partial charge in [0.05, 0.1) is 15.6 Å². The van der Waals surface area contributed by atoms with E-state index in [0.29, 0.717) is 24.3 Å². The van der Waals surface area contributed by atoms with Gasteiger partial charge in [0, 0.05) is 30.9 Å². The van der Waals surface area contributed by atoms with Gasteiger partial charge in [0.25, 0.3) is 5.91 Å².